The van der Waals surface area contributed by atoms with E-state index >= 15 is 0 Å². The number of aromatic amines is 1. The molecule has 5 nitrogen and oxygen atoms in total. The van der Waals surface area contributed by atoms with Gasteiger partial charge in [0, 0.05) is 12.7 Å². The molecule has 0 spiro atoms. The van der Waals surface area contributed by atoms with Crippen molar-refractivity contribution in [2.24, 2.45) is 5.92 Å². The molecule has 1 fully saturated rings. The number of nitrogens with one attached hydrogen (secondary N) is 2. The predicted molar refractivity (Wildman–Crippen MR) is 93.8 cm³/mol. The van der Waals surface area contributed by atoms with E-state index in [2.05, 4.69) is 20.3 Å². The highest BCUT2D eigenvalue weighted by Gasteiger charge is 2.19. The summed E-state index contributed by atoms with van der Waals surface area (Å²) in [5.74, 6) is 0.703. The Morgan fingerprint density at radius 1 is 1.48 bits per heavy atom. The fourth-order valence-electron chi connectivity index (χ4n) is 2.91. The zero-order chi connectivity index (χ0) is 16.2. The molecule has 1 aliphatic rings. The number of nitrogens with zero attached hydrogens (tertiary/aromatic N) is 2. The van der Waals surface area contributed by atoms with Crippen LogP contribution in [0.15, 0.2) is 17.4 Å². The molecule has 1 amide bonds. The van der Waals surface area contributed by atoms with Crippen LogP contribution in [0, 0.1) is 5.92 Å². The SMILES string of the molecule is C[C@H](Sc1nc2ncc(Cl)cc2[nH]1)C(=O)NCC1CCCCC1. The van der Waals surface area contributed by atoms with E-state index in [1.807, 2.05) is 6.92 Å². The number of carbonyl (C=O) groups is 1. The molecule has 2 aromatic rings. The van der Waals surface area contributed by atoms with Gasteiger partial charge in [0.25, 0.3) is 0 Å². The van der Waals surface area contributed by atoms with Crippen molar-refractivity contribution in [3.63, 3.8) is 0 Å². The van der Waals surface area contributed by atoms with Gasteiger partial charge < -0.3 is 10.3 Å². The zero-order valence-corrected chi connectivity index (χ0v) is 14.7. The van der Waals surface area contributed by atoms with Crippen LogP contribution >= 0.6 is 23.4 Å². The van der Waals surface area contributed by atoms with Crippen LogP contribution in [0.1, 0.15) is 39.0 Å². The van der Waals surface area contributed by atoms with Gasteiger partial charge in [-0.2, -0.15) is 0 Å². The number of H-pyrrole nitrogens is 1. The van der Waals surface area contributed by atoms with Crippen molar-refractivity contribution >= 4 is 40.4 Å². The molecule has 3 rings (SSSR count). The quantitative estimate of drug-likeness (QED) is 0.803. The summed E-state index contributed by atoms with van der Waals surface area (Å²) >= 11 is 7.33. The van der Waals surface area contributed by atoms with Gasteiger partial charge in [-0.25, -0.2) is 9.97 Å². The number of hydrogen-bond acceptors (Lipinski definition) is 4. The molecule has 2 aromatic heterocycles. The second-order valence-electron chi connectivity index (χ2n) is 6.08. The summed E-state index contributed by atoms with van der Waals surface area (Å²) in [4.78, 5) is 23.9. The summed E-state index contributed by atoms with van der Waals surface area (Å²) in [6, 6.07) is 1.79. The smallest absolute Gasteiger partial charge is 0.233 e. The Morgan fingerprint density at radius 2 is 2.26 bits per heavy atom. The highest BCUT2D eigenvalue weighted by Crippen LogP contribution is 2.25. The minimum absolute atomic E-state index is 0.0621. The third kappa shape index (κ3) is 4.38. The number of rotatable bonds is 5. The van der Waals surface area contributed by atoms with Crippen LogP contribution in [-0.4, -0.2) is 32.7 Å². The molecule has 0 radical (unpaired) electrons. The molecule has 0 unspecified atom stereocenters. The van der Waals surface area contributed by atoms with Crippen molar-refractivity contribution < 1.29 is 4.79 Å². The predicted octanol–water partition coefficient (Wildman–Crippen LogP) is 3.79. The molecule has 23 heavy (non-hydrogen) atoms. The van der Waals surface area contributed by atoms with E-state index in [0.29, 0.717) is 21.7 Å². The van der Waals surface area contributed by atoms with Crippen LogP contribution in [0.4, 0.5) is 0 Å². The van der Waals surface area contributed by atoms with Gasteiger partial charge in [0.15, 0.2) is 10.8 Å². The number of carbonyl (C=O) groups excluding carboxylic acids is 1. The summed E-state index contributed by atoms with van der Waals surface area (Å²) < 4.78 is 0. The lowest BCUT2D eigenvalue weighted by molar-refractivity contribution is -0.120. The molecule has 2 heterocycles. The van der Waals surface area contributed by atoms with Gasteiger partial charge in [0.05, 0.1) is 15.8 Å². The van der Waals surface area contributed by atoms with Crippen molar-refractivity contribution in [2.45, 2.75) is 49.4 Å². The molecule has 7 heteroatoms. The number of halogens is 1. The molecule has 2 N–H and O–H groups in total. The summed E-state index contributed by atoms with van der Waals surface area (Å²) in [6.45, 7) is 2.69. The van der Waals surface area contributed by atoms with Gasteiger partial charge in [-0.15, -0.1) is 0 Å². The first-order valence-electron chi connectivity index (χ1n) is 8.07. The van der Waals surface area contributed by atoms with Gasteiger partial charge in [-0.05, 0) is 31.7 Å². The standard InChI is InChI=1S/C16H21ClN4OS/c1-10(15(22)19-8-11-5-3-2-4-6-11)23-16-20-13-7-12(17)9-18-14(13)21-16/h7,9-11H,2-6,8H2,1H3,(H,19,22)(H,18,20,21)/t10-/m0/s1. The summed E-state index contributed by atoms with van der Waals surface area (Å²) in [7, 11) is 0. The average molecular weight is 353 g/mol. The first-order valence-corrected chi connectivity index (χ1v) is 9.33. The third-order valence-electron chi connectivity index (χ3n) is 4.23. The van der Waals surface area contributed by atoms with Gasteiger partial charge in [0.2, 0.25) is 5.91 Å². The lowest BCUT2D eigenvalue weighted by Crippen LogP contribution is -2.35. The molecule has 0 saturated heterocycles. The highest BCUT2D eigenvalue weighted by molar-refractivity contribution is 8.00. The van der Waals surface area contributed by atoms with Crippen molar-refractivity contribution in [1.82, 2.24) is 20.3 Å². The van der Waals surface area contributed by atoms with Gasteiger partial charge >= 0.3 is 0 Å². The number of fused-ring (bicyclic) bond motifs is 1. The van der Waals surface area contributed by atoms with E-state index in [4.69, 9.17) is 11.6 Å². The van der Waals surface area contributed by atoms with Crippen LogP contribution in [0.25, 0.3) is 11.2 Å². The van der Waals surface area contributed by atoms with Crippen LogP contribution in [-0.2, 0) is 4.79 Å². The topological polar surface area (TPSA) is 70.7 Å². The van der Waals surface area contributed by atoms with E-state index in [1.165, 1.54) is 43.9 Å². The first kappa shape index (κ1) is 16.6. The van der Waals surface area contributed by atoms with E-state index in [-0.39, 0.29) is 11.2 Å². The van der Waals surface area contributed by atoms with Crippen LogP contribution in [0.3, 0.4) is 0 Å². The van der Waals surface area contributed by atoms with Crippen molar-refractivity contribution in [2.75, 3.05) is 6.54 Å². The van der Waals surface area contributed by atoms with Gasteiger partial charge in [-0.1, -0.05) is 42.6 Å². The normalized spacial score (nSPS) is 17.3. The molecule has 1 atom stereocenters. The number of amides is 1. The maximum absolute atomic E-state index is 12.2. The maximum atomic E-state index is 12.2. The number of hydrogen-bond donors (Lipinski definition) is 2. The summed E-state index contributed by atoms with van der Waals surface area (Å²) in [5.41, 5.74) is 1.40. The maximum Gasteiger partial charge on any atom is 0.233 e. The Bertz CT molecular complexity index is 684. The summed E-state index contributed by atoms with van der Waals surface area (Å²) in [5, 5.41) is 4.13. The van der Waals surface area contributed by atoms with E-state index in [9.17, 15) is 4.79 Å². The summed E-state index contributed by atoms with van der Waals surface area (Å²) in [6.07, 6.45) is 7.95. The zero-order valence-electron chi connectivity index (χ0n) is 13.1. The van der Waals surface area contributed by atoms with Gasteiger partial charge in [0.1, 0.15) is 0 Å². The van der Waals surface area contributed by atoms with E-state index in [0.717, 1.165) is 12.1 Å². The van der Waals surface area contributed by atoms with Gasteiger partial charge in [-0.3, -0.25) is 4.79 Å². The largest absolute Gasteiger partial charge is 0.355 e. The number of thioether (sulfide) groups is 1. The number of imidazole rings is 1. The molecular formula is C16H21ClN4OS. The monoisotopic (exact) mass is 352 g/mol. The van der Waals surface area contributed by atoms with Crippen LogP contribution in [0.2, 0.25) is 5.02 Å². The first-order chi connectivity index (χ1) is 11.1. The number of pyridine rings is 1. The molecular weight excluding hydrogens is 332 g/mol. The molecule has 124 valence electrons. The van der Waals surface area contributed by atoms with E-state index in [1.54, 1.807) is 12.3 Å². The molecule has 0 bridgehead atoms. The lowest BCUT2D eigenvalue weighted by atomic mass is 9.89. The fourth-order valence-corrected chi connectivity index (χ4v) is 3.90. The minimum Gasteiger partial charge on any atom is -0.355 e. The molecule has 1 aliphatic carbocycles. The Morgan fingerprint density at radius 3 is 3.04 bits per heavy atom. The average Bonchev–Trinajstić information content (AvgIpc) is 2.94. The van der Waals surface area contributed by atoms with Crippen LogP contribution < -0.4 is 5.32 Å². The van der Waals surface area contributed by atoms with Crippen molar-refractivity contribution in [3.8, 4) is 0 Å². The van der Waals surface area contributed by atoms with Crippen molar-refractivity contribution in [1.29, 1.82) is 0 Å². The molecule has 0 aliphatic heterocycles. The second-order valence-corrected chi connectivity index (χ2v) is 7.84. The molecule has 0 aromatic carbocycles. The second kappa shape index (κ2) is 7.53. The highest BCUT2D eigenvalue weighted by atomic mass is 35.5. The Hall–Kier alpha value is -1.27. The lowest BCUT2D eigenvalue weighted by Gasteiger charge is -2.22. The Balaban J connectivity index is 1.54. The van der Waals surface area contributed by atoms with E-state index < -0.39 is 0 Å². The van der Waals surface area contributed by atoms with Crippen molar-refractivity contribution in [3.05, 3.63) is 17.3 Å². The minimum atomic E-state index is -0.199. The third-order valence-corrected chi connectivity index (χ3v) is 5.42. The fraction of sp³-hybridized carbons (Fsp3) is 0.562. The Labute approximate surface area is 145 Å². The molecule has 1 saturated carbocycles. The van der Waals surface area contributed by atoms with Crippen LogP contribution in [0.5, 0.6) is 0 Å². The number of aromatic nitrogens is 3. The Kier molecular flexibility index (Phi) is 5.43.